The van der Waals surface area contributed by atoms with Crippen LogP contribution in [0.1, 0.15) is 0 Å². The first-order chi connectivity index (χ1) is 24.3. The lowest BCUT2D eigenvalue weighted by Gasteiger charge is -2.17. The van der Waals surface area contributed by atoms with Gasteiger partial charge in [-0.15, -0.1) is 0 Å². The van der Waals surface area contributed by atoms with Gasteiger partial charge in [-0.3, -0.25) is 9.13 Å². The average Bonchev–Trinajstić information content (AvgIpc) is 3.87. The molecule has 0 saturated carbocycles. The molecule has 0 N–H and O–H groups in total. The van der Waals surface area contributed by atoms with Crippen LogP contribution >= 0.6 is 0 Å². The molecule has 5 heteroatoms. The molecule has 0 atom stereocenters. The third kappa shape index (κ3) is 4.48. The third-order valence-corrected chi connectivity index (χ3v) is 9.32. The Morgan fingerprint density at radius 1 is 0.367 bits per heavy atom. The van der Waals surface area contributed by atoms with Crippen molar-refractivity contribution in [2.45, 2.75) is 0 Å². The van der Waals surface area contributed by atoms with Crippen molar-refractivity contribution < 1.29 is 4.42 Å². The maximum atomic E-state index is 6.36. The topological polar surface area (TPSA) is 48.8 Å². The maximum Gasteiger partial charge on any atom is 0.145 e. The van der Waals surface area contributed by atoms with Gasteiger partial charge in [0.25, 0.3) is 0 Å². The van der Waals surface area contributed by atoms with E-state index in [1.54, 1.807) is 0 Å². The van der Waals surface area contributed by atoms with E-state index in [9.17, 15) is 0 Å². The third-order valence-electron chi connectivity index (χ3n) is 9.32. The van der Waals surface area contributed by atoms with Gasteiger partial charge in [0.1, 0.15) is 22.8 Å². The first-order valence-electron chi connectivity index (χ1n) is 16.4. The Hall–Kier alpha value is -6.72. The zero-order valence-corrected chi connectivity index (χ0v) is 26.4. The number of furan rings is 1. The molecule has 0 fully saturated rings. The van der Waals surface area contributed by atoms with Gasteiger partial charge in [-0.25, -0.2) is 9.97 Å². The molecule has 10 aromatic rings. The van der Waals surface area contributed by atoms with Crippen LogP contribution in [0.2, 0.25) is 0 Å². The van der Waals surface area contributed by atoms with E-state index >= 15 is 0 Å². The summed E-state index contributed by atoms with van der Waals surface area (Å²) in [6.07, 6.45) is 0. The summed E-state index contributed by atoms with van der Waals surface area (Å²) in [5.74, 6) is 1.77. The maximum absolute atomic E-state index is 6.36. The monoisotopic (exact) mass is 628 g/mol. The van der Waals surface area contributed by atoms with E-state index in [1.165, 1.54) is 0 Å². The number of imidazole rings is 2. The first kappa shape index (κ1) is 27.4. The summed E-state index contributed by atoms with van der Waals surface area (Å²) in [5, 5.41) is 2.22. The molecule has 0 aliphatic heterocycles. The molecule has 0 saturated heterocycles. The summed E-state index contributed by atoms with van der Waals surface area (Å²) in [7, 11) is 0. The predicted octanol–water partition coefficient (Wildman–Crippen LogP) is 11.3. The minimum atomic E-state index is 0.863. The summed E-state index contributed by atoms with van der Waals surface area (Å²) < 4.78 is 10.9. The zero-order valence-electron chi connectivity index (χ0n) is 26.4. The highest BCUT2D eigenvalue weighted by Gasteiger charge is 2.20. The van der Waals surface area contributed by atoms with Crippen LogP contribution in [0.4, 0.5) is 0 Å². The fourth-order valence-electron chi connectivity index (χ4n) is 7.06. The van der Waals surface area contributed by atoms with Crippen molar-refractivity contribution in [3.8, 4) is 45.3 Å². The molecule has 0 amide bonds. The van der Waals surface area contributed by atoms with E-state index < -0.39 is 0 Å². The molecule has 0 aliphatic rings. The first-order valence-corrected chi connectivity index (χ1v) is 16.4. The van der Waals surface area contributed by atoms with Gasteiger partial charge in [0.15, 0.2) is 0 Å². The van der Waals surface area contributed by atoms with Crippen molar-refractivity contribution in [3.63, 3.8) is 0 Å². The molecular formula is C44H28N4O. The number of rotatable bonds is 5. The molecule has 0 aliphatic carbocycles. The van der Waals surface area contributed by atoms with E-state index in [0.717, 1.165) is 89.3 Å². The Labute approximate surface area is 282 Å². The Bertz CT molecular complexity index is 2690. The SMILES string of the molecule is c1ccc(-c2nc3ccccc3n2-c2cc(-c3ccc4c(c3)oc3ccccc34)cc(-n3c(-c4ccccc4)nc4ccccc43)c2)cc1. The van der Waals surface area contributed by atoms with Crippen molar-refractivity contribution >= 4 is 44.0 Å². The Morgan fingerprint density at radius 3 is 1.49 bits per heavy atom. The largest absolute Gasteiger partial charge is 0.456 e. The van der Waals surface area contributed by atoms with Gasteiger partial charge in [-0.1, -0.05) is 109 Å². The number of nitrogens with zero attached hydrogens (tertiary/aromatic N) is 4. The Balaban J connectivity index is 1.29. The van der Waals surface area contributed by atoms with Crippen molar-refractivity contribution in [1.29, 1.82) is 0 Å². The number of para-hydroxylation sites is 5. The normalized spacial score (nSPS) is 11.7. The highest BCUT2D eigenvalue weighted by atomic mass is 16.3. The van der Waals surface area contributed by atoms with Gasteiger partial charge in [0.2, 0.25) is 0 Å². The number of aromatic nitrogens is 4. The number of fused-ring (bicyclic) bond motifs is 5. The zero-order chi connectivity index (χ0) is 32.3. The van der Waals surface area contributed by atoms with Crippen molar-refractivity contribution in [2.75, 3.05) is 0 Å². The van der Waals surface area contributed by atoms with E-state index in [2.05, 4.69) is 143 Å². The minimum Gasteiger partial charge on any atom is -0.456 e. The summed E-state index contributed by atoms with van der Waals surface area (Å²) in [6.45, 7) is 0. The van der Waals surface area contributed by atoms with Crippen LogP contribution in [0, 0.1) is 0 Å². The molecule has 7 aromatic carbocycles. The van der Waals surface area contributed by atoms with Crippen LogP contribution in [0.25, 0.3) is 89.3 Å². The van der Waals surface area contributed by atoms with E-state index in [4.69, 9.17) is 14.4 Å². The van der Waals surface area contributed by atoms with Crippen molar-refractivity contribution in [1.82, 2.24) is 19.1 Å². The Morgan fingerprint density at radius 2 is 0.878 bits per heavy atom. The summed E-state index contributed by atoms with van der Waals surface area (Å²) in [4.78, 5) is 10.3. The molecule has 10 rings (SSSR count). The molecule has 3 heterocycles. The van der Waals surface area contributed by atoms with Crippen LogP contribution in [-0.2, 0) is 0 Å². The standard InChI is InChI=1S/C44H28N4O/c1-3-13-29(14-4-1)43-45-37-18-8-10-20-39(37)47(43)33-25-32(31-23-24-36-35-17-7-12-22-41(35)49-42(36)27-31)26-34(28-33)48-40-21-11-9-19-38(40)46-44(48)30-15-5-2-6-16-30/h1-28H. The van der Waals surface area contributed by atoms with Gasteiger partial charge < -0.3 is 4.42 Å². The van der Waals surface area contributed by atoms with Gasteiger partial charge in [0, 0.05) is 21.9 Å². The van der Waals surface area contributed by atoms with Crippen molar-refractivity contribution in [2.24, 2.45) is 0 Å². The molecule has 0 spiro atoms. The lowest BCUT2D eigenvalue weighted by Crippen LogP contribution is -2.03. The smallest absolute Gasteiger partial charge is 0.145 e. The molecular weight excluding hydrogens is 601 g/mol. The average molecular weight is 629 g/mol. The van der Waals surface area contributed by atoms with Crippen molar-refractivity contribution in [3.05, 3.63) is 170 Å². The summed E-state index contributed by atoms with van der Waals surface area (Å²) in [6, 6.07) is 59.0. The van der Waals surface area contributed by atoms with Gasteiger partial charge in [0.05, 0.1) is 33.4 Å². The van der Waals surface area contributed by atoms with Gasteiger partial charge in [-0.05, 0) is 71.8 Å². The lowest BCUT2D eigenvalue weighted by atomic mass is 10.0. The molecule has 230 valence electrons. The highest BCUT2D eigenvalue weighted by molar-refractivity contribution is 6.06. The predicted molar refractivity (Wildman–Crippen MR) is 199 cm³/mol. The summed E-state index contributed by atoms with van der Waals surface area (Å²) >= 11 is 0. The molecule has 0 radical (unpaired) electrons. The molecule has 49 heavy (non-hydrogen) atoms. The van der Waals surface area contributed by atoms with E-state index in [-0.39, 0.29) is 0 Å². The van der Waals surface area contributed by atoms with E-state index in [0.29, 0.717) is 0 Å². The van der Waals surface area contributed by atoms with Crippen LogP contribution in [-0.4, -0.2) is 19.1 Å². The number of hydrogen-bond acceptors (Lipinski definition) is 3. The second kappa shape index (κ2) is 10.9. The molecule has 5 nitrogen and oxygen atoms in total. The fourth-order valence-corrected chi connectivity index (χ4v) is 7.06. The number of hydrogen-bond donors (Lipinski definition) is 0. The molecule has 0 bridgehead atoms. The second-order valence-corrected chi connectivity index (χ2v) is 12.3. The highest BCUT2D eigenvalue weighted by Crippen LogP contribution is 2.37. The Kier molecular flexibility index (Phi) is 6.11. The van der Waals surface area contributed by atoms with E-state index in [1.807, 2.05) is 36.4 Å². The molecule has 0 unspecified atom stereocenters. The van der Waals surface area contributed by atoms with Crippen LogP contribution in [0.3, 0.4) is 0 Å². The van der Waals surface area contributed by atoms with Crippen LogP contribution in [0.5, 0.6) is 0 Å². The lowest BCUT2D eigenvalue weighted by molar-refractivity contribution is 0.669. The molecule has 3 aromatic heterocycles. The van der Waals surface area contributed by atoms with Crippen LogP contribution < -0.4 is 0 Å². The fraction of sp³-hybridized carbons (Fsp3) is 0. The quantitative estimate of drug-likeness (QED) is 0.191. The summed E-state index contributed by atoms with van der Waals surface area (Å²) in [5.41, 5.74) is 11.9. The minimum absolute atomic E-state index is 0.863. The number of benzene rings is 7. The van der Waals surface area contributed by atoms with Crippen LogP contribution in [0.15, 0.2) is 174 Å². The van der Waals surface area contributed by atoms with Gasteiger partial charge in [-0.2, -0.15) is 0 Å². The van der Waals surface area contributed by atoms with Gasteiger partial charge >= 0.3 is 0 Å². The second-order valence-electron chi connectivity index (χ2n) is 12.3.